The van der Waals surface area contributed by atoms with Gasteiger partial charge in [-0.3, -0.25) is 0 Å². The number of furan rings is 1. The smallest absolute Gasteiger partial charge is 0.216 e. The van der Waals surface area contributed by atoms with Crippen LogP contribution >= 0.6 is 0 Å². The van der Waals surface area contributed by atoms with Gasteiger partial charge in [-0.1, -0.05) is 115 Å². The average molecular weight is 978 g/mol. The number of nitrogens with zero attached hydrogens (tertiary/aromatic N) is 3. The Balaban J connectivity index is 0.000000225. The Hall–Kier alpha value is -4.22. The largest absolute Gasteiger partial charge is 0.486 e. The van der Waals surface area contributed by atoms with Gasteiger partial charge in [0.15, 0.2) is 0 Å². The number of aromatic nitrogens is 3. The molecule has 7 aromatic rings. The van der Waals surface area contributed by atoms with Gasteiger partial charge in [0.1, 0.15) is 0 Å². The van der Waals surface area contributed by atoms with Crippen molar-refractivity contribution in [2.24, 2.45) is 11.3 Å². The molecule has 4 heterocycles. The number of fused-ring (bicyclic) bond motifs is 3. The van der Waals surface area contributed by atoms with Gasteiger partial charge in [-0.05, 0) is 107 Å². The van der Waals surface area contributed by atoms with Crippen LogP contribution in [0, 0.1) is 44.2 Å². The van der Waals surface area contributed by atoms with Gasteiger partial charge in [-0.2, -0.15) is 0 Å². The number of benzene rings is 3. The van der Waals surface area contributed by atoms with Gasteiger partial charge >= 0.3 is 0 Å². The molecule has 0 unspecified atom stereocenters. The van der Waals surface area contributed by atoms with Crippen molar-refractivity contribution in [3.8, 4) is 33.8 Å². The van der Waals surface area contributed by atoms with Gasteiger partial charge in [-0.25, -0.2) is 4.98 Å². The molecule has 8 rings (SSSR count). The summed E-state index contributed by atoms with van der Waals surface area (Å²) in [4.78, 5) is 14.4. The van der Waals surface area contributed by atoms with E-state index in [0.717, 1.165) is 67.7 Å². The Morgan fingerprint density at radius 1 is 0.814 bits per heavy atom. The van der Waals surface area contributed by atoms with Crippen LogP contribution in [0.5, 0.6) is 0 Å². The molecule has 1 radical (unpaired) electrons. The number of pyridine rings is 3. The molecule has 0 N–H and O–H groups in total. The second-order valence-electron chi connectivity index (χ2n) is 18.8. The van der Waals surface area contributed by atoms with Crippen molar-refractivity contribution >= 4 is 35.3 Å². The van der Waals surface area contributed by atoms with Crippen molar-refractivity contribution in [2.75, 3.05) is 0 Å². The molecule has 1 saturated carbocycles. The van der Waals surface area contributed by atoms with Crippen LogP contribution in [0.3, 0.4) is 0 Å². The predicted molar refractivity (Wildman–Crippen MR) is 248 cm³/mol. The second kappa shape index (κ2) is 18.2. The molecular formula is C53H61IrN3OSi-2. The molecule has 0 atom stereocenters. The van der Waals surface area contributed by atoms with E-state index in [9.17, 15) is 0 Å². The third-order valence-corrected chi connectivity index (χ3v) is 13.6. The van der Waals surface area contributed by atoms with Crippen molar-refractivity contribution in [1.82, 2.24) is 15.0 Å². The average Bonchev–Trinajstić information content (AvgIpc) is 3.86. The molecule has 0 spiro atoms. The molecule has 1 fully saturated rings. The fourth-order valence-corrected chi connectivity index (χ4v) is 9.76. The summed E-state index contributed by atoms with van der Waals surface area (Å²) in [5, 5.41) is 3.19. The first kappa shape index (κ1) is 41.5. The van der Waals surface area contributed by atoms with Crippen LogP contribution in [0.15, 0.2) is 89.6 Å². The summed E-state index contributed by atoms with van der Waals surface area (Å²) < 4.78 is 23.7. The molecule has 6 heteroatoms. The molecule has 309 valence electrons. The summed E-state index contributed by atoms with van der Waals surface area (Å²) in [6, 6.07) is 31.3. The van der Waals surface area contributed by atoms with E-state index < -0.39 is 19.9 Å². The molecule has 4 aromatic heterocycles. The van der Waals surface area contributed by atoms with Crippen LogP contribution in [-0.2, 0) is 32.9 Å². The van der Waals surface area contributed by atoms with Crippen molar-refractivity contribution in [2.45, 2.75) is 119 Å². The first-order valence-electron chi connectivity index (χ1n) is 22.1. The maximum atomic E-state index is 8.75. The third-order valence-electron chi connectivity index (χ3n) is 11.6. The fraction of sp³-hybridized carbons (Fsp3) is 0.377. The Morgan fingerprint density at radius 2 is 1.51 bits per heavy atom. The van der Waals surface area contributed by atoms with E-state index in [0.29, 0.717) is 11.6 Å². The predicted octanol–water partition coefficient (Wildman–Crippen LogP) is 14.0. The van der Waals surface area contributed by atoms with Crippen molar-refractivity contribution < 1.29 is 27.3 Å². The molecule has 1 aliphatic carbocycles. The van der Waals surface area contributed by atoms with E-state index in [1.165, 1.54) is 59.1 Å². The van der Waals surface area contributed by atoms with Gasteiger partial charge in [0.25, 0.3) is 0 Å². The molecule has 0 saturated heterocycles. The minimum Gasteiger partial charge on any atom is -0.486 e. The van der Waals surface area contributed by atoms with Gasteiger partial charge in [0.05, 0.1) is 19.4 Å². The van der Waals surface area contributed by atoms with Crippen LogP contribution in [-0.4, -0.2) is 23.0 Å². The van der Waals surface area contributed by atoms with Gasteiger partial charge in [0, 0.05) is 46.2 Å². The standard InChI is InChI=1S/C34H35N2O.C19H26NSi.Ir/c1-20(2)29-19-35-31(18-26(29)16-24-8-6-7-9-24)25-12-15-32-28(17-25)27-13-14-30(36-34(27)37-32)33-22(4)11-10-21(3)23(33)5;1-19(2,3)13-16-12-17(15-10-8-7-9-11-15)20-14-18(16)21(4,5)6;/h10-11,13-15,17-20,24H,6-9,16H2,1-5H3;7-10,12,14H,13H2,1-6H3;/q2*-1;/i;13D2;. The van der Waals surface area contributed by atoms with Crippen LogP contribution < -0.4 is 5.19 Å². The number of rotatable bonds is 8. The summed E-state index contributed by atoms with van der Waals surface area (Å²) in [6.45, 7) is 23.6. The minimum atomic E-state index is -1.70. The van der Waals surface area contributed by atoms with Crippen LogP contribution in [0.4, 0.5) is 0 Å². The Kier molecular flexibility index (Phi) is 12.8. The topological polar surface area (TPSA) is 51.8 Å². The quantitative estimate of drug-likeness (QED) is 0.112. The van der Waals surface area contributed by atoms with Crippen LogP contribution in [0.1, 0.15) is 102 Å². The van der Waals surface area contributed by atoms with Gasteiger partial charge < -0.3 is 14.4 Å². The van der Waals surface area contributed by atoms with Crippen LogP contribution in [0.2, 0.25) is 19.6 Å². The summed E-state index contributed by atoms with van der Waals surface area (Å²) in [5.41, 5.74) is 14.2. The first-order valence-corrected chi connectivity index (χ1v) is 24.6. The number of hydrogen-bond acceptors (Lipinski definition) is 4. The molecule has 4 nitrogen and oxygen atoms in total. The molecule has 3 aromatic carbocycles. The molecule has 1 aliphatic rings. The van der Waals surface area contributed by atoms with E-state index in [-0.39, 0.29) is 20.1 Å². The summed E-state index contributed by atoms with van der Waals surface area (Å²) in [7, 11) is -1.70. The monoisotopic (exact) mass is 978 g/mol. The Labute approximate surface area is 370 Å². The first-order chi connectivity index (χ1) is 28.3. The van der Waals surface area contributed by atoms with Gasteiger partial charge in [-0.15, -0.1) is 59.7 Å². The Morgan fingerprint density at radius 3 is 2.19 bits per heavy atom. The third kappa shape index (κ3) is 10.2. The summed E-state index contributed by atoms with van der Waals surface area (Å²) in [5.74, 6) is 1.28. The summed E-state index contributed by atoms with van der Waals surface area (Å²) >= 11 is 0. The van der Waals surface area contributed by atoms with Crippen molar-refractivity contribution in [3.63, 3.8) is 0 Å². The zero-order chi connectivity index (χ0) is 43.1. The van der Waals surface area contributed by atoms with E-state index in [2.05, 4.69) is 114 Å². The number of hydrogen-bond donors (Lipinski definition) is 0. The normalized spacial score (nSPS) is 14.2. The van der Waals surface area contributed by atoms with E-state index in [4.69, 9.17) is 17.1 Å². The van der Waals surface area contributed by atoms with Crippen LogP contribution in [0.25, 0.3) is 55.8 Å². The van der Waals surface area contributed by atoms with E-state index in [1.54, 1.807) is 0 Å². The number of aryl methyl sites for hydroxylation is 2. The minimum absolute atomic E-state index is 0. The van der Waals surface area contributed by atoms with Gasteiger partial charge in [0.2, 0.25) is 5.71 Å². The SMILES string of the molecule is Cc1ccc(C)c(-c2ccc3c(n2)oc2c[c-]c(-c4cc(CC5CCCC5)c(C(C)C)cn4)cc23)c1C.[2H]C([2H])(c1cc(-c2[c-]cccc2)ncc1[Si](C)(C)C)C(C)(C)C.[Ir]. The maximum absolute atomic E-state index is 8.75. The molecule has 0 aliphatic heterocycles. The van der Waals surface area contributed by atoms with Crippen molar-refractivity contribution in [1.29, 1.82) is 0 Å². The molecule has 0 amide bonds. The molecule has 59 heavy (non-hydrogen) atoms. The summed E-state index contributed by atoms with van der Waals surface area (Å²) in [6.07, 6.45) is 9.17. The van der Waals surface area contributed by atoms with Crippen molar-refractivity contribution in [3.05, 3.63) is 131 Å². The maximum Gasteiger partial charge on any atom is 0.216 e. The Bertz CT molecular complexity index is 2650. The zero-order valence-corrected chi connectivity index (χ0v) is 40.3. The molecule has 0 bridgehead atoms. The van der Waals surface area contributed by atoms with E-state index >= 15 is 0 Å². The molecular weight excluding hydrogens is 915 g/mol. The fourth-order valence-electron chi connectivity index (χ4n) is 8.37. The van der Waals surface area contributed by atoms with E-state index in [1.807, 2.05) is 63.4 Å². The zero-order valence-electron chi connectivity index (χ0n) is 38.9. The second-order valence-corrected chi connectivity index (χ2v) is 23.8.